The largest absolute Gasteiger partial charge is 0.478 e. The van der Waals surface area contributed by atoms with Crippen molar-refractivity contribution < 1.29 is 14.7 Å². The smallest absolute Gasteiger partial charge is 0.336 e. The Morgan fingerprint density at radius 3 is 2.63 bits per heavy atom. The van der Waals surface area contributed by atoms with E-state index in [-0.39, 0.29) is 18.0 Å². The minimum Gasteiger partial charge on any atom is -0.478 e. The van der Waals surface area contributed by atoms with E-state index in [1.807, 2.05) is 0 Å². The van der Waals surface area contributed by atoms with Gasteiger partial charge >= 0.3 is 5.97 Å². The number of anilines is 1. The Hall–Kier alpha value is -2.32. The molecule has 1 aromatic rings. The Labute approximate surface area is 112 Å². The summed E-state index contributed by atoms with van der Waals surface area (Å²) in [5, 5.41) is 14.5. The number of rotatable bonds is 5. The molecular formula is C14H16N2O3. The minimum atomic E-state index is -1.01. The lowest BCUT2D eigenvalue weighted by Crippen LogP contribution is -2.28. The highest BCUT2D eigenvalue weighted by molar-refractivity contribution is 5.96. The molecule has 1 amide bonds. The highest BCUT2D eigenvalue weighted by atomic mass is 16.4. The predicted octanol–water partition coefficient (Wildman–Crippen LogP) is 1.16. The summed E-state index contributed by atoms with van der Waals surface area (Å²) in [7, 11) is 0. The highest BCUT2D eigenvalue weighted by Crippen LogP contribution is 2.19. The van der Waals surface area contributed by atoms with Crippen molar-refractivity contribution in [2.45, 2.75) is 13.8 Å². The maximum absolute atomic E-state index is 11.6. The van der Waals surface area contributed by atoms with Gasteiger partial charge in [-0.1, -0.05) is 5.92 Å². The third-order valence-electron chi connectivity index (χ3n) is 2.69. The monoisotopic (exact) mass is 260 g/mol. The number of aromatic carboxylic acids is 1. The molecule has 100 valence electrons. The van der Waals surface area contributed by atoms with E-state index in [1.54, 1.807) is 19.9 Å². The molecule has 5 nitrogen and oxygen atoms in total. The van der Waals surface area contributed by atoms with Crippen LogP contribution < -0.4 is 10.6 Å². The lowest BCUT2D eigenvalue weighted by atomic mass is 10.0. The van der Waals surface area contributed by atoms with Gasteiger partial charge in [-0.2, -0.15) is 0 Å². The molecule has 0 aliphatic heterocycles. The van der Waals surface area contributed by atoms with Crippen molar-refractivity contribution in [2.75, 3.05) is 18.4 Å². The summed E-state index contributed by atoms with van der Waals surface area (Å²) >= 11 is 0. The Balaban J connectivity index is 2.82. The van der Waals surface area contributed by atoms with E-state index in [9.17, 15) is 9.59 Å². The highest BCUT2D eigenvalue weighted by Gasteiger charge is 2.12. The van der Waals surface area contributed by atoms with Crippen molar-refractivity contribution in [2.24, 2.45) is 0 Å². The van der Waals surface area contributed by atoms with E-state index in [4.69, 9.17) is 11.5 Å². The molecule has 0 aliphatic rings. The van der Waals surface area contributed by atoms with E-state index < -0.39 is 5.97 Å². The van der Waals surface area contributed by atoms with Crippen molar-refractivity contribution in [3.63, 3.8) is 0 Å². The van der Waals surface area contributed by atoms with Crippen LogP contribution in [0, 0.1) is 26.2 Å². The molecule has 1 rings (SSSR count). The number of hydrogen-bond acceptors (Lipinski definition) is 3. The fourth-order valence-corrected chi connectivity index (χ4v) is 1.61. The number of hydrogen-bond donors (Lipinski definition) is 3. The number of carboxylic acid groups (broad SMARTS) is 1. The van der Waals surface area contributed by atoms with E-state index in [2.05, 4.69) is 16.6 Å². The zero-order valence-electron chi connectivity index (χ0n) is 10.9. The number of amides is 1. The number of terminal acetylenes is 1. The summed E-state index contributed by atoms with van der Waals surface area (Å²) in [5.74, 6) is 1.08. The molecule has 19 heavy (non-hydrogen) atoms. The summed E-state index contributed by atoms with van der Waals surface area (Å²) in [5.41, 5.74) is 2.16. The van der Waals surface area contributed by atoms with Gasteiger partial charge in [-0.25, -0.2) is 4.79 Å². The van der Waals surface area contributed by atoms with Crippen molar-refractivity contribution in [1.29, 1.82) is 0 Å². The number of carbonyl (C=O) groups excluding carboxylic acids is 1. The average Bonchev–Trinajstić information content (AvgIpc) is 2.33. The first-order valence-corrected chi connectivity index (χ1v) is 5.74. The standard InChI is InChI=1S/C14H16N2O3/c1-4-5-15-8-13(17)16-11-6-9(2)10(3)12(7-11)14(18)19/h1,6-7,15H,5,8H2,2-3H3,(H,16,17)(H,18,19). The maximum Gasteiger partial charge on any atom is 0.336 e. The van der Waals surface area contributed by atoms with Crippen molar-refractivity contribution in [1.82, 2.24) is 5.32 Å². The van der Waals surface area contributed by atoms with Crippen LogP contribution in [0.5, 0.6) is 0 Å². The number of carboxylic acids is 1. The number of benzene rings is 1. The number of aryl methyl sites for hydroxylation is 1. The van der Waals surface area contributed by atoms with Crippen molar-refractivity contribution in [3.05, 3.63) is 28.8 Å². The summed E-state index contributed by atoms with van der Waals surface area (Å²) < 4.78 is 0. The van der Waals surface area contributed by atoms with E-state index in [0.29, 0.717) is 17.8 Å². The summed E-state index contributed by atoms with van der Waals surface area (Å²) in [6.45, 7) is 3.92. The van der Waals surface area contributed by atoms with Crippen LogP contribution in [-0.4, -0.2) is 30.1 Å². The number of nitrogens with one attached hydrogen (secondary N) is 2. The van der Waals surface area contributed by atoms with Crippen LogP contribution in [0.25, 0.3) is 0 Å². The molecule has 0 spiro atoms. The number of carbonyl (C=O) groups is 2. The first-order valence-electron chi connectivity index (χ1n) is 5.74. The molecule has 0 heterocycles. The Morgan fingerprint density at radius 1 is 1.37 bits per heavy atom. The van der Waals surface area contributed by atoms with Gasteiger partial charge in [0.05, 0.1) is 18.7 Å². The average molecular weight is 260 g/mol. The summed E-state index contributed by atoms with van der Waals surface area (Å²) in [6, 6.07) is 3.19. The van der Waals surface area contributed by atoms with Crippen molar-refractivity contribution in [3.8, 4) is 12.3 Å². The molecule has 0 bridgehead atoms. The van der Waals surface area contributed by atoms with Gasteiger partial charge in [0.25, 0.3) is 0 Å². The van der Waals surface area contributed by atoms with Gasteiger partial charge < -0.3 is 10.4 Å². The molecule has 0 atom stereocenters. The van der Waals surface area contributed by atoms with Crippen LogP contribution in [0.3, 0.4) is 0 Å². The van der Waals surface area contributed by atoms with Gasteiger partial charge in [0.1, 0.15) is 0 Å². The van der Waals surface area contributed by atoms with Crippen LogP contribution >= 0.6 is 0 Å². The molecule has 0 fully saturated rings. The van der Waals surface area contributed by atoms with Gasteiger partial charge in [0, 0.05) is 5.69 Å². The first kappa shape index (κ1) is 14.7. The van der Waals surface area contributed by atoms with Gasteiger partial charge in [0.2, 0.25) is 5.91 Å². The molecule has 0 aliphatic carbocycles. The van der Waals surface area contributed by atoms with Crippen molar-refractivity contribution >= 4 is 17.6 Å². The van der Waals surface area contributed by atoms with Gasteiger partial charge in [0.15, 0.2) is 0 Å². The second-order valence-electron chi connectivity index (χ2n) is 4.13. The van der Waals surface area contributed by atoms with Crippen LogP contribution in [-0.2, 0) is 4.79 Å². The fraction of sp³-hybridized carbons (Fsp3) is 0.286. The third kappa shape index (κ3) is 4.12. The lowest BCUT2D eigenvalue weighted by molar-refractivity contribution is -0.115. The van der Waals surface area contributed by atoms with E-state index >= 15 is 0 Å². The Kier molecular flexibility index (Phi) is 5.10. The van der Waals surface area contributed by atoms with Crippen LogP contribution in [0.1, 0.15) is 21.5 Å². The molecule has 3 N–H and O–H groups in total. The molecular weight excluding hydrogens is 244 g/mol. The second-order valence-corrected chi connectivity index (χ2v) is 4.13. The fourth-order valence-electron chi connectivity index (χ4n) is 1.61. The third-order valence-corrected chi connectivity index (χ3v) is 2.69. The van der Waals surface area contributed by atoms with Gasteiger partial charge in [-0.3, -0.25) is 10.1 Å². The molecule has 0 saturated carbocycles. The molecule has 0 unspecified atom stereocenters. The van der Waals surface area contributed by atoms with Crippen LogP contribution in [0.2, 0.25) is 0 Å². The molecule has 1 aromatic carbocycles. The molecule has 0 radical (unpaired) electrons. The maximum atomic E-state index is 11.6. The normalized spacial score (nSPS) is 9.74. The Bertz CT molecular complexity index is 544. The van der Waals surface area contributed by atoms with Gasteiger partial charge in [-0.05, 0) is 37.1 Å². The first-order chi connectivity index (χ1) is 8.95. The second kappa shape index (κ2) is 6.57. The lowest BCUT2D eigenvalue weighted by Gasteiger charge is -2.10. The van der Waals surface area contributed by atoms with E-state index in [0.717, 1.165) is 5.56 Å². The Morgan fingerprint density at radius 2 is 2.05 bits per heavy atom. The molecule has 0 saturated heterocycles. The van der Waals surface area contributed by atoms with Crippen LogP contribution in [0.4, 0.5) is 5.69 Å². The van der Waals surface area contributed by atoms with E-state index in [1.165, 1.54) is 6.07 Å². The van der Waals surface area contributed by atoms with Crippen LogP contribution in [0.15, 0.2) is 12.1 Å². The topological polar surface area (TPSA) is 78.4 Å². The summed E-state index contributed by atoms with van der Waals surface area (Å²) in [6.07, 6.45) is 5.05. The zero-order chi connectivity index (χ0) is 14.4. The SMILES string of the molecule is C#CCNCC(=O)Nc1cc(C)c(C)c(C(=O)O)c1. The minimum absolute atomic E-state index is 0.0829. The quantitative estimate of drug-likeness (QED) is 0.548. The zero-order valence-corrected chi connectivity index (χ0v) is 10.9. The van der Waals surface area contributed by atoms with Gasteiger partial charge in [-0.15, -0.1) is 6.42 Å². The predicted molar refractivity (Wildman–Crippen MR) is 73.2 cm³/mol. The summed E-state index contributed by atoms with van der Waals surface area (Å²) in [4.78, 5) is 22.7. The molecule has 0 aromatic heterocycles. The molecule has 5 heteroatoms.